The average molecular weight is 327 g/mol. The van der Waals surface area contributed by atoms with Crippen molar-refractivity contribution >= 4 is 43.3 Å². The van der Waals surface area contributed by atoms with E-state index in [-0.39, 0.29) is 27.8 Å². The monoisotopic (exact) mass is 327 g/mol. The molecular formula is C17H13NO4S. The van der Waals surface area contributed by atoms with Crippen molar-refractivity contribution in [1.29, 1.82) is 0 Å². The topological polar surface area (TPSA) is 87.0 Å². The van der Waals surface area contributed by atoms with Gasteiger partial charge in [0.2, 0.25) is 0 Å². The molecular weight excluding hydrogens is 314 g/mol. The number of aliphatic imine (C=N–C) groups is 1. The lowest BCUT2D eigenvalue weighted by Crippen LogP contribution is -2.12. The van der Waals surface area contributed by atoms with Crippen molar-refractivity contribution in [3.63, 3.8) is 0 Å². The van der Waals surface area contributed by atoms with Crippen LogP contribution < -0.4 is 0 Å². The van der Waals surface area contributed by atoms with Crippen molar-refractivity contribution < 1.29 is 18.6 Å². The van der Waals surface area contributed by atoms with Gasteiger partial charge in [0.05, 0.1) is 5.75 Å². The molecule has 23 heavy (non-hydrogen) atoms. The van der Waals surface area contributed by atoms with Crippen molar-refractivity contribution in [2.24, 2.45) is 4.99 Å². The minimum absolute atomic E-state index is 0.0901. The molecule has 0 spiro atoms. The summed E-state index contributed by atoms with van der Waals surface area (Å²) in [4.78, 5) is 3.68. The Labute approximate surface area is 132 Å². The fourth-order valence-electron chi connectivity index (χ4n) is 3.00. The van der Waals surface area contributed by atoms with E-state index in [4.69, 9.17) is 0 Å². The summed E-state index contributed by atoms with van der Waals surface area (Å²) in [5, 5.41) is 23.4. The third-order valence-electron chi connectivity index (χ3n) is 4.12. The van der Waals surface area contributed by atoms with Crippen LogP contribution in [0.1, 0.15) is 5.56 Å². The zero-order valence-electron chi connectivity index (χ0n) is 12.2. The number of aromatic hydroxyl groups is 2. The van der Waals surface area contributed by atoms with Crippen LogP contribution in [0.3, 0.4) is 0 Å². The van der Waals surface area contributed by atoms with Gasteiger partial charge in [0.15, 0.2) is 15.6 Å². The summed E-state index contributed by atoms with van der Waals surface area (Å²) in [7, 11) is -3.71. The van der Waals surface area contributed by atoms with Gasteiger partial charge in [0.25, 0.3) is 0 Å². The molecule has 5 nitrogen and oxygen atoms in total. The van der Waals surface area contributed by atoms with Crippen LogP contribution in [0.25, 0.3) is 21.5 Å². The number of phenols is 2. The van der Waals surface area contributed by atoms with Crippen LogP contribution in [0.2, 0.25) is 0 Å². The second-order valence-corrected chi connectivity index (χ2v) is 7.69. The summed E-state index contributed by atoms with van der Waals surface area (Å²) in [5.74, 6) is -0.867. The van der Waals surface area contributed by atoms with Gasteiger partial charge in [0.1, 0.15) is 16.3 Å². The summed E-state index contributed by atoms with van der Waals surface area (Å²) in [6.45, 7) is 1.95. The predicted octanol–water partition coefficient (Wildman–Crippen LogP) is 3.20. The maximum absolute atomic E-state index is 12.2. The molecule has 116 valence electrons. The Hall–Kier alpha value is -2.60. The average Bonchev–Trinajstić information content (AvgIpc) is 2.50. The molecule has 3 aromatic carbocycles. The smallest absolute Gasteiger partial charge is 0.189 e. The Morgan fingerprint density at radius 3 is 2.48 bits per heavy atom. The molecule has 0 saturated carbocycles. The number of rotatable bonds is 0. The molecule has 2 N–H and O–H groups in total. The molecule has 1 aliphatic heterocycles. The van der Waals surface area contributed by atoms with E-state index in [0.29, 0.717) is 10.8 Å². The van der Waals surface area contributed by atoms with Gasteiger partial charge in [-0.1, -0.05) is 23.8 Å². The highest BCUT2D eigenvalue weighted by Gasteiger charge is 2.30. The molecule has 1 aliphatic rings. The van der Waals surface area contributed by atoms with Gasteiger partial charge in [0, 0.05) is 17.0 Å². The maximum atomic E-state index is 12.2. The summed E-state index contributed by atoms with van der Waals surface area (Å²) >= 11 is 0. The lowest BCUT2D eigenvalue weighted by molar-refractivity contribution is 0.456. The largest absolute Gasteiger partial charge is 0.506 e. The van der Waals surface area contributed by atoms with E-state index >= 15 is 0 Å². The zero-order valence-corrected chi connectivity index (χ0v) is 13.1. The van der Waals surface area contributed by atoms with Gasteiger partial charge in [-0.3, -0.25) is 4.99 Å². The highest BCUT2D eigenvalue weighted by Crippen LogP contribution is 2.49. The van der Waals surface area contributed by atoms with E-state index in [1.165, 1.54) is 6.21 Å². The fourth-order valence-corrected chi connectivity index (χ4v) is 4.29. The van der Waals surface area contributed by atoms with E-state index in [9.17, 15) is 18.6 Å². The maximum Gasteiger partial charge on any atom is 0.189 e. The molecule has 0 unspecified atom stereocenters. The number of hydrogen-bond donors (Lipinski definition) is 2. The van der Waals surface area contributed by atoms with Crippen LogP contribution in [-0.4, -0.2) is 30.6 Å². The van der Waals surface area contributed by atoms with Crippen molar-refractivity contribution in [2.75, 3.05) is 5.75 Å². The Balaban J connectivity index is 2.24. The molecule has 0 aliphatic carbocycles. The minimum Gasteiger partial charge on any atom is -0.506 e. The SMILES string of the molecule is Cc1ccc2cc3c(O)c4c(c(O)c3cc2c1)S(=O)(=O)CC=N4. The van der Waals surface area contributed by atoms with E-state index in [2.05, 4.69) is 4.99 Å². The third kappa shape index (κ3) is 1.91. The lowest BCUT2D eigenvalue weighted by Gasteiger charge is -2.17. The fraction of sp³-hybridized carbons (Fsp3) is 0.118. The first-order valence-electron chi connectivity index (χ1n) is 7.06. The van der Waals surface area contributed by atoms with Crippen LogP contribution in [0.5, 0.6) is 11.5 Å². The molecule has 4 rings (SSSR count). The molecule has 0 bridgehead atoms. The second kappa shape index (κ2) is 4.45. The first-order chi connectivity index (χ1) is 10.9. The predicted molar refractivity (Wildman–Crippen MR) is 89.7 cm³/mol. The van der Waals surface area contributed by atoms with Gasteiger partial charge in [-0.15, -0.1) is 0 Å². The van der Waals surface area contributed by atoms with Crippen LogP contribution in [0.15, 0.2) is 40.2 Å². The van der Waals surface area contributed by atoms with Crippen molar-refractivity contribution in [2.45, 2.75) is 11.8 Å². The number of sulfone groups is 1. The van der Waals surface area contributed by atoms with Crippen LogP contribution in [0.4, 0.5) is 5.69 Å². The van der Waals surface area contributed by atoms with Crippen LogP contribution in [-0.2, 0) is 9.84 Å². The quantitative estimate of drug-likeness (QED) is 0.490. The van der Waals surface area contributed by atoms with E-state index < -0.39 is 9.84 Å². The Morgan fingerprint density at radius 1 is 1.00 bits per heavy atom. The number of benzene rings is 3. The number of hydrogen-bond acceptors (Lipinski definition) is 5. The second-order valence-electron chi connectivity index (χ2n) is 5.72. The Bertz CT molecular complexity index is 1130. The number of phenolic OH excluding ortho intramolecular Hbond substituents is 2. The van der Waals surface area contributed by atoms with Crippen LogP contribution >= 0.6 is 0 Å². The van der Waals surface area contributed by atoms with Crippen molar-refractivity contribution in [3.05, 3.63) is 35.9 Å². The highest BCUT2D eigenvalue weighted by molar-refractivity contribution is 7.92. The van der Waals surface area contributed by atoms with Crippen molar-refractivity contribution in [3.8, 4) is 11.5 Å². The number of nitrogens with zero attached hydrogens (tertiary/aromatic N) is 1. The van der Waals surface area contributed by atoms with Gasteiger partial charge in [-0.05, 0) is 29.8 Å². The molecule has 0 fully saturated rings. The normalized spacial score (nSPS) is 15.9. The highest BCUT2D eigenvalue weighted by atomic mass is 32.2. The summed E-state index contributed by atoms with van der Waals surface area (Å²) < 4.78 is 24.5. The van der Waals surface area contributed by atoms with Gasteiger partial charge in [-0.2, -0.15) is 0 Å². The molecule has 0 radical (unpaired) electrons. The summed E-state index contributed by atoms with van der Waals surface area (Å²) in [5.41, 5.74) is 0.962. The standard InChI is InChI=1S/C17H13NO4S/c1-9-2-3-10-7-12-13(8-11(10)6-9)16(20)17-14(15(12)19)18-4-5-23(17,21)22/h2-4,6-8,19-20H,5H2,1H3. The van der Waals surface area contributed by atoms with E-state index in [1.807, 2.05) is 25.1 Å². The molecule has 3 aromatic rings. The molecule has 0 saturated heterocycles. The Kier molecular flexibility index (Phi) is 2.72. The first kappa shape index (κ1) is 14.0. The number of fused-ring (bicyclic) bond motifs is 3. The Morgan fingerprint density at radius 2 is 1.70 bits per heavy atom. The third-order valence-corrected chi connectivity index (χ3v) is 5.72. The number of aryl methyl sites for hydroxylation is 1. The van der Waals surface area contributed by atoms with Crippen molar-refractivity contribution in [1.82, 2.24) is 0 Å². The lowest BCUT2D eigenvalue weighted by atomic mass is 10.00. The van der Waals surface area contributed by atoms with Gasteiger partial charge < -0.3 is 10.2 Å². The molecule has 0 amide bonds. The van der Waals surface area contributed by atoms with Crippen LogP contribution in [0, 0.1) is 6.92 Å². The van der Waals surface area contributed by atoms with Gasteiger partial charge in [-0.25, -0.2) is 8.42 Å². The van der Waals surface area contributed by atoms with Gasteiger partial charge >= 0.3 is 0 Å². The molecule has 0 aromatic heterocycles. The van der Waals surface area contributed by atoms with E-state index in [0.717, 1.165) is 16.3 Å². The molecule has 1 heterocycles. The van der Waals surface area contributed by atoms with E-state index in [1.54, 1.807) is 12.1 Å². The minimum atomic E-state index is -3.71. The molecule has 6 heteroatoms. The summed E-state index contributed by atoms with van der Waals surface area (Å²) in [6.07, 6.45) is 1.23. The first-order valence-corrected chi connectivity index (χ1v) is 8.71. The molecule has 0 atom stereocenters. The zero-order chi connectivity index (χ0) is 16.4. The summed E-state index contributed by atoms with van der Waals surface area (Å²) in [6, 6.07) is 9.24.